The molecule has 3 aromatic rings. The van der Waals surface area contributed by atoms with Crippen molar-refractivity contribution in [2.24, 2.45) is 0 Å². The van der Waals surface area contributed by atoms with Crippen molar-refractivity contribution in [2.45, 2.75) is 6.42 Å². The van der Waals surface area contributed by atoms with Crippen molar-refractivity contribution >= 4 is 23.3 Å². The molecule has 1 amide bonds. The van der Waals surface area contributed by atoms with Crippen molar-refractivity contribution in [2.75, 3.05) is 51.7 Å². The molecule has 0 bridgehead atoms. The van der Waals surface area contributed by atoms with Gasteiger partial charge in [0.15, 0.2) is 11.6 Å². The molecule has 3 N–H and O–H groups in total. The van der Waals surface area contributed by atoms with Gasteiger partial charge >= 0.3 is 0 Å². The first-order chi connectivity index (χ1) is 17.4. The molecule has 1 saturated heterocycles. The molecule has 2 aromatic carbocycles. The van der Waals surface area contributed by atoms with Gasteiger partial charge < -0.3 is 20.5 Å². The van der Waals surface area contributed by atoms with Crippen LogP contribution in [0.2, 0.25) is 5.02 Å². The van der Waals surface area contributed by atoms with Crippen LogP contribution in [0.5, 0.6) is 5.75 Å². The molecule has 0 spiro atoms. The third-order valence-electron chi connectivity index (χ3n) is 5.93. The highest BCUT2D eigenvalue weighted by Gasteiger charge is 2.14. The number of carbonyl (C=O) groups excluding carboxylic acids is 1. The minimum absolute atomic E-state index is 0.0268. The summed E-state index contributed by atoms with van der Waals surface area (Å²) in [5.74, 6) is -0.954. The van der Waals surface area contributed by atoms with Crippen molar-refractivity contribution in [3.05, 3.63) is 76.4 Å². The number of nitrogens with zero attached hydrogens (tertiary/aromatic N) is 2. The number of nitrogen functional groups attached to an aromatic ring is 1. The van der Waals surface area contributed by atoms with E-state index in [2.05, 4.69) is 15.2 Å². The molecule has 1 fully saturated rings. The minimum atomic E-state index is -0.689. The van der Waals surface area contributed by atoms with Crippen LogP contribution in [0.1, 0.15) is 15.9 Å². The predicted octanol–water partition coefficient (Wildman–Crippen LogP) is 3.95. The first kappa shape index (κ1) is 25.8. The molecular weight excluding hydrogens is 490 g/mol. The summed E-state index contributed by atoms with van der Waals surface area (Å²) in [7, 11) is 0. The minimum Gasteiger partial charge on any atom is -0.489 e. The quantitative estimate of drug-likeness (QED) is 0.419. The summed E-state index contributed by atoms with van der Waals surface area (Å²) >= 11 is 5.87. The lowest BCUT2D eigenvalue weighted by Gasteiger charge is -2.26. The highest BCUT2D eigenvalue weighted by molar-refractivity contribution is 6.31. The number of ether oxygens (including phenoxy) is 2. The number of rotatable bonds is 9. The maximum atomic E-state index is 14.0. The molecule has 0 radical (unpaired) electrons. The van der Waals surface area contributed by atoms with E-state index in [-0.39, 0.29) is 35.3 Å². The largest absolute Gasteiger partial charge is 0.489 e. The van der Waals surface area contributed by atoms with Gasteiger partial charge in [0.05, 0.1) is 24.8 Å². The van der Waals surface area contributed by atoms with Gasteiger partial charge in [0, 0.05) is 55.5 Å². The second-order valence-electron chi connectivity index (χ2n) is 8.31. The lowest BCUT2D eigenvalue weighted by Crippen LogP contribution is -2.41. The molecule has 1 aliphatic rings. The van der Waals surface area contributed by atoms with E-state index >= 15 is 0 Å². The number of hydrogen-bond donors (Lipinski definition) is 2. The summed E-state index contributed by atoms with van der Waals surface area (Å²) in [5.41, 5.74) is 8.07. The van der Waals surface area contributed by atoms with Gasteiger partial charge in [-0.2, -0.15) is 0 Å². The van der Waals surface area contributed by atoms with Crippen molar-refractivity contribution < 1.29 is 23.0 Å². The van der Waals surface area contributed by atoms with Crippen molar-refractivity contribution in [3.8, 4) is 16.9 Å². The summed E-state index contributed by atoms with van der Waals surface area (Å²) in [6.45, 7) is 4.57. The molecule has 1 aromatic heterocycles. The number of nitrogens with two attached hydrogens (primary N) is 1. The Morgan fingerprint density at radius 2 is 1.83 bits per heavy atom. The van der Waals surface area contributed by atoms with Gasteiger partial charge in [-0.1, -0.05) is 23.7 Å². The number of pyridine rings is 1. The maximum Gasteiger partial charge on any atom is 0.251 e. The van der Waals surface area contributed by atoms with E-state index in [4.69, 9.17) is 26.8 Å². The Balaban J connectivity index is 1.34. The predicted molar refractivity (Wildman–Crippen MR) is 134 cm³/mol. The van der Waals surface area contributed by atoms with Crippen LogP contribution >= 0.6 is 11.6 Å². The number of nitrogens with one attached hydrogen (secondary N) is 1. The van der Waals surface area contributed by atoms with Crippen LogP contribution in [-0.4, -0.2) is 61.8 Å². The van der Waals surface area contributed by atoms with E-state index < -0.39 is 11.6 Å². The zero-order valence-corrected chi connectivity index (χ0v) is 20.4. The molecular formula is C26H27ClF2N4O3. The Morgan fingerprint density at radius 1 is 1.11 bits per heavy atom. The van der Waals surface area contributed by atoms with E-state index in [1.54, 1.807) is 24.4 Å². The Bertz CT molecular complexity index is 1200. The first-order valence-electron chi connectivity index (χ1n) is 11.6. The van der Waals surface area contributed by atoms with Crippen molar-refractivity contribution in [1.82, 2.24) is 15.2 Å². The van der Waals surface area contributed by atoms with Crippen molar-refractivity contribution in [3.63, 3.8) is 0 Å². The van der Waals surface area contributed by atoms with Crippen LogP contribution in [0.4, 0.5) is 14.6 Å². The Labute approximate surface area is 213 Å². The zero-order valence-electron chi connectivity index (χ0n) is 19.6. The SMILES string of the molecule is Nc1ncc(-c2ccc(C(=O)NCCN3CCOCC3)cc2)cc1OCCc1c(F)ccc(F)c1Cl. The molecule has 0 atom stereocenters. The molecule has 0 saturated carbocycles. The van der Waals surface area contributed by atoms with Crippen LogP contribution in [-0.2, 0) is 11.2 Å². The standard InChI is InChI=1S/C26H27ClF2N4O3/c27-24-20(21(28)5-6-22(24)29)7-12-36-23-15-19(16-32-25(23)30)17-1-3-18(4-2-17)26(34)31-8-9-33-10-13-35-14-11-33/h1-6,15-16H,7-14H2,(H2,30,32)(H,31,34). The van der Waals surface area contributed by atoms with Crippen LogP contribution in [0.15, 0.2) is 48.7 Å². The Kier molecular flexibility index (Phi) is 8.69. The molecule has 7 nitrogen and oxygen atoms in total. The van der Waals surface area contributed by atoms with E-state index in [1.165, 1.54) is 0 Å². The lowest BCUT2D eigenvalue weighted by atomic mass is 10.0. The van der Waals surface area contributed by atoms with Crippen LogP contribution in [0.3, 0.4) is 0 Å². The van der Waals surface area contributed by atoms with Gasteiger partial charge in [-0.25, -0.2) is 13.8 Å². The van der Waals surface area contributed by atoms with Crippen LogP contribution < -0.4 is 15.8 Å². The molecule has 2 heterocycles. The average molecular weight is 517 g/mol. The number of morpholine rings is 1. The third-order valence-corrected chi connectivity index (χ3v) is 6.34. The highest BCUT2D eigenvalue weighted by Crippen LogP contribution is 2.28. The number of aromatic nitrogens is 1. The monoisotopic (exact) mass is 516 g/mol. The number of anilines is 1. The van der Waals surface area contributed by atoms with E-state index in [1.807, 2.05) is 12.1 Å². The van der Waals surface area contributed by atoms with Crippen molar-refractivity contribution in [1.29, 1.82) is 0 Å². The molecule has 4 rings (SSSR count). The van der Waals surface area contributed by atoms with Gasteiger partial charge in [-0.05, 0) is 35.9 Å². The summed E-state index contributed by atoms with van der Waals surface area (Å²) < 4.78 is 38.6. The highest BCUT2D eigenvalue weighted by atomic mass is 35.5. The number of hydrogen-bond acceptors (Lipinski definition) is 6. The van der Waals surface area contributed by atoms with Gasteiger partial charge in [-0.3, -0.25) is 9.69 Å². The topological polar surface area (TPSA) is 89.7 Å². The molecule has 0 aliphatic carbocycles. The second kappa shape index (κ2) is 12.1. The van der Waals surface area contributed by atoms with Gasteiger partial charge in [0.1, 0.15) is 11.6 Å². The molecule has 10 heteroatoms. The van der Waals surface area contributed by atoms with Crippen LogP contribution in [0, 0.1) is 11.6 Å². The molecule has 190 valence electrons. The molecule has 36 heavy (non-hydrogen) atoms. The fourth-order valence-electron chi connectivity index (χ4n) is 3.86. The lowest BCUT2D eigenvalue weighted by molar-refractivity contribution is 0.0383. The third kappa shape index (κ3) is 6.48. The summed E-state index contributed by atoms with van der Waals surface area (Å²) in [5, 5.41) is 2.68. The fourth-order valence-corrected chi connectivity index (χ4v) is 4.11. The van der Waals surface area contributed by atoms with E-state index in [0.29, 0.717) is 17.9 Å². The zero-order chi connectivity index (χ0) is 25.5. The second-order valence-corrected chi connectivity index (χ2v) is 8.69. The normalized spacial score (nSPS) is 14.0. The van der Waals surface area contributed by atoms with Gasteiger partial charge in [0.2, 0.25) is 0 Å². The Hall–Kier alpha value is -3.27. The molecule has 0 unspecified atom stereocenters. The van der Waals surface area contributed by atoms with Gasteiger partial charge in [0.25, 0.3) is 5.91 Å². The average Bonchev–Trinajstić information content (AvgIpc) is 2.90. The molecule has 1 aliphatic heterocycles. The van der Waals surface area contributed by atoms with Crippen LogP contribution in [0.25, 0.3) is 11.1 Å². The summed E-state index contributed by atoms with van der Waals surface area (Å²) in [4.78, 5) is 18.9. The van der Waals surface area contributed by atoms with Gasteiger partial charge in [-0.15, -0.1) is 0 Å². The summed E-state index contributed by atoms with van der Waals surface area (Å²) in [6, 6.07) is 10.8. The number of benzene rings is 2. The Morgan fingerprint density at radius 3 is 2.58 bits per heavy atom. The number of halogens is 3. The number of carbonyl (C=O) groups is 1. The van der Waals surface area contributed by atoms with E-state index in [0.717, 1.165) is 56.1 Å². The summed E-state index contributed by atoms with van der Waals surface area (Å²) in [6.07, 6.45) is 1.66. The number of amides is 1. The van der Waals surface area contributed by atoms with E-state index in [9.17, 15) is 13.6 Å². The maximum absolute atomic E-state index is 14.0. The fraction of sp³-hybridized carbons (Fsp3) is 0.308. The first-order valence-corrected chi connectivity index (χ1v) is 12.0. The smallest absolute Gasteiger partial charge is 0.251 e.